The van der Waals surface area contributed by atoms with Crippen molar-refractivity contribution in [2.45, 2.75) is 0 Å². The number of fused-ring (bicyclic) bond motifs is 3. The molecule has 286 valence electrons. The highest BCUT2D eigenvalue weighted by atomic mass is 15.1. The first-order valence-corrected chi connectivity index (χ1v) is 20.2. The van der Waals surface area contributed by atoms with E-state index in [1.807, 2.05) is 133 Å². The lowest BCUT2D eigenvalue weighted by Crippen LogP contribution is -2.03. The summed E-state index contributed by atoms with van der Waals surface area (Å²) in [5.74, 6) is 3.70. The van der Waals surface area contributed by atoms with Crippen LogP contribution in [-0.4, -0.2) is 34.5 Å². The van der Waals surface area contributed by atoms with Gasteiger partial charge in [-0.25, -0.2) is 29.9 Å². The molecule has 11 aromatic rings. The van der Waals surface area contributed by atoms with E-state index < -0.39 is 0 Å². The van der Waals surface area contributed by atoms with Crippen LogP contribution in [0.15, 0.2) is 212 Å². The van der Waals surface area contributed by atoms with Crippen LogP contribution in [0.4, 0.5) is 0 Å². The van der Waals surface area contributed by atoms with Crippen molar-refractivity contribution in [1.82, 2.24) is 34.5 Å². The fourth-order valence-corrected chi connectivity index (χ4v) is 8.05. The largest absolute Gasteiger partial charge is 0.309 e. The first kappa shape index (κ1) is 35.7. The summed E-state index contributed by atoms with van der Waals surface area (Å²) in [6, 6.07) is 72.3. The van der Waals surface area contributed by atoms with Crippen LogP contribution in [0.25, 0.3) is 107 Å². The molecule has 11 rings (SSSR count). The summed E-state index contributed by atoms with van der Waals surface area (Å²) in [5.41, 5.74) is 10.7. The van der Waals surface area contributed by atoms with E-state index in [9.17, 15) is 0 Å². The highest BCUT2D eigenvalue weighted by molar-refractivity contribution is 6.11. The maximum absolute atomic E-state index is 5.12. The van der Waals surface area contributed by atoms with Crippen molar-refractivity contribution in [2.24, 2.45) is 0 Å². The van der Waals surface area contributed by atoms with Gasteiger partial charge < -0.3 is 4.57 Å². The number of rotatable bonds is 8. The van der Waals surface area contributed by atoms with E-state index in [0.717, 1.165) is 72.0 Å². The second kappa shape index (κ2) is 15.4. The topological polar surface area (TPSA) is 82.3 Å². The van der Waals surface area contributed by atoms with E-state index >= 15 is 0 Å². The molecule has 7 heteroatoms. The molecule has 0 bridgehead atoms. The lowest BCUT2D eigenvalue weighted by atomic mass is 9.97. The Morgan fingerprint density at radius 3 is 1.15 bits per heavy atom. The average Bonchev–Trinajstić information content (AvgIpc) is 3.68. The molecule has 0 unspecified atom stereocenters. The van der Waals surface area contributed by atoms with Gasteiger partial charge in [-0.3, -0.25) is 0 Å². The van der Waals surface area contributed by atoms with Gasteiger partial charge in [0.15, 0.2) is 34.9 Å². The van der Waals surface area contributed by atoms with E-state index in [0.29, 0.717) is 34.9 Å². The Kier molecular flexibility index (Phi) is 9.02. The number of aromatic nitrogens is 7. The summed E-state index contributed by atoms with van der Waals surface area (Å²) in [4.78, 5) is 30.3. The molecule has 0 spiro atoms. The highest BCUT2D eigenvalue weighted by Gasteiger charge is 2.21. The second-order valence-electron chi connectivity index (χ2n) is 14.7. The van der Waals surface area contributed by atoms with Crippen LogP contribution < -0.4 is 0 Å². The van der Waals surface area contributed by atoms with E-state index in [1.54, 1.807) is 0 Å². The van der Waals surface area contributed by atoms with E-state index in [-0.39, 0.29) is 0 Å². The van der Waals surface area contributed by atoms with Gasteiger partial charge in [0.1, 0.15) is 0 Å². The maximum Gasteiger partial charge on any atom is 0.166 e. The molecule has 0 N–H and O–H groups in total. The molecule has 0 aliphatic heterocycles. The molecule has 61 heavy (non-hydrogen) atoms. The van der Waals surface area contributed by atoms with Gasteiger partial charge in [0.25, 0.3) is 0 Å². The van der Waals surface area contributed by atoms with Gasteiger partial charge in [0, 0.05) is 44.2 Å². The van der Waals surface area contributed by atoms with Gasteiger partial charge in [0.2, 0.25) is 0 Å². The molecule has 0 aliphatic carbocycles. The number of para-hydroxylation sites is 2. The Balaban J connectivity index is 1.08. The predicted octanol–water partition coefficient (Wildman–Crippen LogP) is 12.8. The third kappa shape index (κ3) is 6.70. The summed E-state index contributed by atoms with van der Waals surface area (Å²) >= 11 is 0. The molecule has 0 amide bonds. The van der Waals surface area contributed by atoms with Crippen molar-refractivity contribution in [3.05, 3.63) is 212 Å². The molecule has 8 aromatic carbocycles. The van der Waals surface area contributed by atoms with Crippen molar-refractivity contribution in [3.63, 3.8) is 0 Å². The molecule has 7 nitrogen and oxygen atoms in total. The standard InChI is InChI=1S/C54H35N7/c1-5-19-36(20-6-1)49-55-50(37-21-7-2-8-22-37)58-53(57-49)43-29-14-13-27-41(43)40-33-34-48-45(35-40)42-28-15-17-31-46(42)61(48)47-32-18-16-30-44(47)54-59-51(38-23-9-3-10-24-38)56-52(60-54)39-25-11-4-12-26-39/h1-35H. The lowest BCUT2D eigenvalue weighted by Gasteiger charge is -2.15. The summed E-state index contributed by atoms with van der Waals surface area (Å²) in [7, 11) is 0. The molecule has 3 aromatic heterocycles. The van der Waals surface area contributed by atoms with E-state index in [2.05, 4.69) is 83.4 Å². The number of hydrogen-bond acceptors (Lipinski definition) is 6. The van der Waals surface area contributed by atoms with Crippen LogP contribution >= 0.6 is 0 Å². The van der Waals surface area contributed by atoms with Crippen LogP contribution in [0, 0.1) is 0 Å². The Morgan fingerprint density at radius 2 is 0.623 bits per heavy atom. The quantitative estimate of drug-likeness (QED) is 0.153. The van der Waals surface area contributed by atoms with Gasteiger partial charge in [-0.2, -0.15) is 0 Å². The minimum absolute atomic E-state index is 0.599. The van der Waals surface area contributed by atoms with Crippen LogP contribution in [0.1, 0.15) is 0 Å². The molecular formula is C54H35N7. The molecule has 0 saturated heterocycles. The van der Waals surface area contributed by atoms with Gasteiger partial charge in [-0.1, -0.05) is 182 Å². The Labute approximate surface area is 352 Å². The molecule has 3 heterocycles. The molecule has 0 atom stereocenters. The first-order valence-electron chi connectivity index (χ1n) is 20.2. The second-order valence-corrected chi connectivity index (χ2v) is 14.7. The third-order valence-electron chi connectivity index (χ3n) is 10.9. The molecular weight excluding hydrogens is 747 g/mol. The van der Waals surface area contributed by atoms with E-state index in [4.69, 9.17) is 29.9 Å². The number of nitrogens with zero attached hydrogens (tertiary/aromatic N) is 7. The van der Waals surface area contributed by atoms with Crippen molar-refractivity contribution >= 4 is 21.8 Å². The van der Waals surface area contributed by atoms with Crippen molar-refractivity contribution in [2.75, 3.05) is 0 Å². The Hall–Kier alpha value is -8.42. The fraction of sp³-hybridized carbons (Fsp3) is 0. The normalized spacial score (nSPS) is 11.3. The van der Waals surface area contributed by atoms with Crippen LogP contribution in [-0.2, 0) is 0 Å². The average molecular weight is 782 g/mol. The SMILES string of the molecule is c1ccc(-c2nc(-c3ccccc3)nc(-c3ccccc3-c3ccc4c(c3)c3ccccc3n4-c3ccccc3-c3nc(-c4ccccc4)nc(-c4ccccc4)n3)n2)cc1. The van der Waals surface area contributed by atoms with Gasteiger partial charge in [0.05, 0.1) is 16.7 Å². The van der Waals surface area contributed by atoms with Crippen molar-refractivity contribution < 1.29 is 0 Å². The zero-order valence-corrected chi connectivity index (χ0v) is 32.8. The summed E-state index contributed by atoms with van der Waals surface area (Å²) < 4.78 is 2.33. The zero-order chi connectivity index (χ0) is 40.5. The zero-order valence-electron chi connectivity index (χ0n) is 32.8. The highest BCUT2D eigenvalue weighted by Crippen LogP contribution is 2.40. The third-order valence-corrected chi connectivity index (χ3v) is 10.9. The Bertz CT molecular complexity index is 3230. The maximum atomic E-state index is 5.12. The smallest absolute Gasteiger partial charge is 0.166 e. The fourth-order valence-electron chi connectivity index (χ4n) is 8.05. The van der Waals surface area contributed by atoms with Crippen LogP contribution in [0.3, 0.4) is 0 Å². The number of hydrogen-bond donors (Lipinski definition) is 0. The minimum Gasteiger partial charge on any atom is -0.309 e. The first-order chi connectivity index (χ1) is 30.2. The molecule has 0 saturated carbocycles. The van der Waals surface area contributed by atoms with Gasteiger partial charge in [-0.05, 0) is 41.5 Å². The molecule has 0 aliphatic rings. The summed E-state index contributed by atoms with van der Waals surface area (Å²) in [6.45, 7) is 0. The van der Waals surface area contributed by atoms with Crippen molar-refractivity contribution in [3.8, 4) is 85.1 Å². The molecule has 0 fully saturated rings. The van der Waals surface area contributed by atoms with E-state index in [1.165, 1.54) is 0 Å². The van der Waals surface area contributed by atoms with Gasteiger partial charge in [-0.15, -0.1) is 0 Å². The van der Waals surface area contributed by atoms with Crippen molar-refractivity contribution in [1.29, 1.82) is 0 Å². The summed E-state index contributed by atoms with van der Waals surface area (Å²) in [6.07, 6.45) is 0. The monoisotopic (exact) mass is 781 g/mol. The van der Waals surface area contributed by atoms with Gasteiger partial charge >= 0.3 is 0 Å². The summed E-state index contributed by atoms with van der Waals surface area (Å²) in [5, 5.41) is 2.25. The van der Waals surface area contributed by atoms with Crippen LogP contribution in [0.5, 0.6) is 0 Å². The molecule has 0 radical (unpaired) electrons. The Morgan fingerprint density at radius 1 is 0.246 bits per heavy atom. The predicted molar refractivity (Wildman–Crippen MR) is 246 cm³/mol. The minimum atomic E-state index is 0.599. The number of benzene rings is 8. The van der Waals surface area contributed by atoms with Crippen LogP contribution in [0.2, 0.25) is 0 Å². The lowest BCUT2D eigenvalue weighted by molar-refractivity contribution is 1.06.